The molecule has 2 rings (SSSR count). The number of nitrogens with zero attached hydrogens (tertiary/aromatic N) is 1. The third kappa shape index (κ3) is 5.95. The topological polar surface area (TPSA) is 49.4 Å². The zero-order valence-electron chi connectivity index (χ0n) is 17.7. The van der Waals surface area contributed by atoms with E-state index in [1.165, 1.54) is 11.1 Å². The van der Waals surface area contributed by atoms with Crippen molar-refractivity contribution in [2.75, 3.05) is 0 Å². The first-order valence-electron chi connectivity index (χ1n) is 10.0. The Morgan fingerprint density at radius 1 is 0.964 bits per heavy atom. The molecule has 0 spiro atoms. The van der Waals surface area contributed by atoms with Crippen molar-refractivity contribution in [3.8, 4) is 0 Å². The maximum atomic E-state index is 13.2. The minimum Gasteiger partial charge on any atom is -0.352 e. The Kier molecular flexibility index (Phi) is 7.80. The average molecular weight is 381 g/mol. The molecule has 0 fully saturated rings. The van der Waals surface area contributed by atoms with Crippen LogP contribution in [-0.4, -0.2) is 28.8 Å². The molecule has 0 radical (unpaired) electrons. The molecule has 2 aromatic rings. The predicted octanol–water partition coefficient (Wildman–Crippen LogP) is 4.18. The van der Waals surface area contributed by atoms with Gasteiger partial charge in [0.25, 0.3) is 0 Å². The van der Waals surface area contributed by atoms with Crippen LogP contribution in [0, 0.1) is 13.8 Å². The maximum Gasteiger partial charge on any atom is 0.243 e. The van der Waals surface area contributed by atoms with E-state index in [0.717, 1.165) is 11.1 Å². The molecular weight excluding hydrogens is 348 g/mol. The number of carbonyl (C=O) groups excluding carboxylic acids is 2. The first kappa shape index (κ1) is 21.7. The standard InChI is InChI=1S/C24H32N2O2/c1-6-22(24(28)25-17(2)3)26(16-20-10-8-7-9-11-20)23(27)15-21-13-12-18(4)19(5)14-21/h7-14,17,22H,6,15-16H2,1-5H3,(H,25,28)/t22-/m1/s1. The molecule has 1 atom stereocenters. The van der Waals surface area contributed by atoms with Crippen LogP contribution in [0.1, 0.15) is 49.4 Å². The molecule has 0 aliphatic rings. The summed E-state index contributed by atoms with van der Waals surface area (Å²) in [5.41, 5.74) is 4.38. The molecule has 0 saturated carbocycles. The lowest BCUT2D eigenvalue weighted by Gasteiger charge is -2.31. The summed E-state index contributed by atoms with van der Waals surface area (Å²) >= 11 is 0. The molecule has 28 heavy (non-hydrogen) atoms. The van der Waals surface area contributed by atoms with Crippen molar-refractivity contribution >= 4 is 11.8 Å². The Morgan fingerprint density at radius 3 is 2.21 bits per heavy atom. The first-order valence-corrected chi connectivity index (χ1v) is 10.0. The van der Waals surface area contributed by atoms with Crippen molar-refractivity contribution in [2.45, 2.75) is 66.1 Å². The minimum absolute atomic E-state index is 0.0298. The summed E-state index contributed by atoms with van der Waals surface area (Å²) in [5.74, 6) is -0.125. The number of amides is 2. The Hall–Kier alpha value is -2.62. The van der Waals surface area contributed by atoms with E-state index in [9.17, 15) is 9.59 Å². The van der Waals surface area contributed by atoms with Gasteiger partial charge >= 0.3 is 0 Å². The fraction of sp³-hybridized carbons (Fsp3) is 0.417. The summed E-state index contributed by atoms with van der Waals surface area (Å²) < 4.78 is 0. The van der Waals surface area contributed by atoms with Crippen LogP contribution in [0.25, 0.3) is 0 Å². The molecule has 2 aromatic carbocycles. The van der Waals surface area contributed by atoms with Crippen LogP contribution in [0.15, 0.2) is 48.5 Å². The minimum atomic E-state index is -0.485. The maximum absolute atomic E-state index is 13.2. The first-order chi connectivity index (χ1) is 13.3. The molecule has 4 heteroatoms. The lowest BCUT2D eigenvalue weighted by Crippen LogP contribution is -2.50. The SMILES string of the molecule is CC[C@H](C(=O)NC(C)C)N(Cc1ccccc1)C(=O)Cc1ccc(C)c(C)c1. The highest BCUT2D eigenvalue weighted by Gasteiger charge is 2.28. The molecule has 0 aromatic heterocycles. The number of nitrogens with one attached hydrogen (secondary N) is 1. The Bertz CT molecular complexity index is 800. The molecule has 0 heterocycles. The fourth-order valence-corrected chi connectivity index (χ4v) is 3.27. The van der Waals surface area contributed by atoms with Crippen molar-refractivity contribution in [2.24, 2.45) is 0 Å². The third-order valence-electron chi connectivity index (χ3n) is 4.94. The van der Waals surface area contributed by atoms with Crippen LogP contribution in [-0.2, 0) is 22.6 Å². The van der Waals surface area contributed by atoms with Gasteiger partial charge in [0.15, 0.2) is 0 Å². The zero-order chi connectivity index (χ0) is 20.7. The Balaban J connectivity index is 2.28. The van der Waals surface area contributed by atoms with Crippen molar-refractivity contribution in [1.82, 2.24) is 10.2 Å². The Labute approximate surface area is 169 Å². The van der Waals surface area contributed by atoms with E-state index >= 15 is 0 Å². The van der Waals surface area contributed by atoms with Crippen LogP contribution in [0.3, 0.4) is 0 Å². The van der Waals surface area contributed by atoms with Crippen molar-refractivity contribution in [1.29, 1.82) is 0 Å². The van der Waals surface area contributed by atoms with E-state index in [1.54, 1.807) is 4.90 Å². The average Bonchev–Trinajstić information content (AvgIpc) is 2.64. The largest absolute Gasteiger partial charge is 0.352 e. The summed E-state index contributed by atoms with van der Waals surface area (Å²) in [6.07, 6.45) is 0.865. The van der Waals surface area contributed by atoms with E-state index in [-0.39, 0.29) is 17.9 Å². The number of rotatable bonds is 8. The lowest BCUT2D eigenvalue weighted by atomic mass is 10.0. The van der Waals surface area contributed by atoms with Crippen LogP contribution < -0.4 is 5.32 Å². The quantitative estimate of drug-likeness (QED) is 0.747. The van der Waals surface area contributed by atoms with Gasteiger partial charge < -0.3 is 10.2 Å². The van der Waals surface area contributed by atoms with E-state index in [2.05, 4.69) is 25.2 Å². The number of hydrogen-bond donors (Lipinski definition) is 1. The van der Waals surface area contributed by atoms with Gasteiger partial charge in [0, 0.05) is 12.6 Å². The summed E-state index contributed by atoms with van der Waals surface area (Å²) in [6.45, 7) is 10.4. The number of aryl methyl sites for hydroxylation is 2. The zero-order valence-corrected chi connectivity index (χ0v) is 17.7. The van der Waals surface area contributed by atoms with Crippen molar-refractivity contribution in [3.63, 3.8) is 0 Å². The van der Waals surface area contributed by atoms with E-state index in [1.807, 2.05) is 63.2 Å². The monoisotopic (exact) mass is 380 g/mol. The van der Waals surface area contributed by atoms with Gasteiger partial charge in [0.05, 0.1) is 6.42 Å². The van der Waals surface area contributed by atoms with Gasteiger partial charge in [0.2, 0.25) is 11.8 Å². The molecule has 0 unspecified atom stereocenters. The van der Waals surface area contributed by atoms with Crippen molar-refractivity contribution < 1.29 is 9.59 Å². The predicted molar refractivity (Wildman–Crippen MR) is 114 cm³/mol. The molecule has 150 valence electrons. The molecule has 0 bridgehead atoms. The van der Waals surface area contributed by atoms with Crippen LogP contribution >= 0.6 is 0 Å². The number of benzene rings is 2. The van der Waals surface area contributed by atoms with E-state index in [4.69, 9.17) is 0 Å². The molecule has 0 aliphatic carbocycles. The van der Waals surface area contributed by atoms with Crippen LogP contribution in [0.4, 0.5) is 0 Å². The summed E-state index contributed by atoms with van der Waals surface area (Å²) in [6, 6.07) is 15.5. The van der Waals surface area contributed by atoms with E-state index in [0.29, 0.717) is 19.4 Å². The summed E-state index contributed by atoms with van der Waals surface area (Å²) in [4.78, 5) is 27.7. The molecular formula is C24H32N2O2. The van der Waals surface area contributed by atoms with Gasteiger partial charge in [0.1, 0.15) is 6.04 Å². The Morgan fingerprint density at radius 2 is 1.64 bits per heavy atom. The normalized spacial score (nSPS) is 11.9. The molecule has 0 aliphatic heterocycles. The second-order valence-corrected chi connectivity index (χ2v) is 7.69. The van der Waals surface area contributed by atoms with Crippen LogP contribution in [0.2, 0.25) is 0 Å². The van der Waals surface area contributed by atoms with Crippen LogP contribution in [0.5, 0.6) is 0 Å². The van der Waals surface area contributed by atoms with Gasteiger partial charge in [-0.3, -0.25) is 9.59 Å². The van der Waals surface area contributed by atoms with Gasteiger partial charge in [-0.2, -0.15) is 0 Å². The third-order valence-corrected chi connectivity index (χ3v) is 4.94. The summed E-state index contributed by atoms with van der Waals surface area (Å²) in [5, 5.41) is 2.96. The van der Waals surface area contributed by atoms with Crippen molar-refractivity contribution in [3.05, 3.63) is 70.8 Å². The van der Waals surface area contributed by atoms with Gasteiger partial charge in [-0.25, -0.2) is 0 Å². The van der Waals surface area contributed by atoms with Gasteiger partial charge in [-0.15, -0.1) is 0 Å². The summed E-state index contributed by atoms with van der Waals surface area (Å²) in [7, 11) is 0. The smallest absolute Gasteiger partial charge is 0.243 e. The van der Waals surface area contributed by atoms with Gasteiger partial charge in [-0.05, 0) is 56.4 Å². The molecule has 1 N–H and O–H groups in total. The van der Waals surface area contributed by atoms with Gasteiger partial charge in [-0.1, -0.05) is 55.5 Å². The second kappa shape index (κ2) is 10.1. The molecule has 4 nitrogen and oxygen atoms in total. The highest BCUT2D eigenvalue weighted by atomic mass is 16.2. The number of hydrogen-bond acceptors (Lipinski definition) is 2. The lowest BCUT2D eigenvalue weighted by molar-refractivity contribution is -0.141. The fourth-order valence-electron chi connectivity index (χ4n) is 3.27. The number of carbonyl (C=O) groups is 2. The molecule has 2 amide bonds. The highest BCUT2D eigenvalue weighted by molar-refractivity contribution is 5.88. The van der Waals surface area contributed by atoms with E-state index < -0.39 is 6.04 Å². The highest BCUT2D eigenvalue weighted by Crippen LogP contribution is 2.16. The second-order valence-electron chi connectivity index (χ2n) is 7.69. The molecule has 0 saturated heterocycles.